The Kier molecular flexibility index (Phi) is 3.71. The lowest BCUT2D eigenvalue weighted by Crippen LogP contribution is -2.06. The van der Waals surface area contributed by atoms with Crippen LogP contribution < -0.4 is 0 Å². The van der Waals surface area contributed by atoms with Gasteiger partial charge in [0.2, 0.25) is 0 Å². The van der Waals surface area contributed by atoms with E-state index in [1.807, 2.05) is 27.7 Å². The van der Waals surface area contributed by atoms with Crippen molar-refractivity contribution in [2.75, 3.05) is 0 Å². The zero-order valence-corrected chi connectivity index (χ0v) is 10.3. The van der Waals surface area contributed by atoms with Crippen molar-refractivity contribution in [2.24, 2.45) is 0 Å². The Hall–Kier alpha value is -1.07. The third-order valence-electron chi connectivity index (χ3n) is 2.12. The Bertz CT molecular complexity index is 403. The SMILES string of the molecule is C#Cc1c(Cl)nc(C(C)C)nc1C(C)C. The number of nitrogens with zero attached hydrogens (tertiary/aromatic N) is 2. The van der Waals surface area contributed by atoms with Crippen LogP contribution in [0, 0.1) is 12.3 Å². The Balaban J connectivity index is 3.40. The molecule has 0 radical (unpaired) electrons. The van der Waals surface area contributed by atoms with Crippen LogP contribution in [-0.2, 0) is 0 Å². The zero-order valence-electron chi connectivity index (χ0n) is 9.50. The molecular weight excluding hydrogens is 208 g/mol. The van der Waals surface area contributed by atoms with Gasteiger partial charge in [-0.1, -0.05) is 45.2 Å². The summed E-state index contributed by atoms with van der Waals surface area (Å²) >= 11 is 6.03. The summed E-state index contributed by atoms with van der Waals surface area (Å²) in [6, 6.07) is 0. The maximum Gasteiger partial charge on any atom is 0.148 e. The van der Waals surface area contributed by atoms with Gasteiger partial charge in [0.1, 0.15) is 11.0 Å². The maximum absolute atomic E-state index is 6.03. The normalized spacial score (nSPS) is 10.8. The van der Waals surface area contributed by atoms with Gasteiger partial charge in [-0.15, -0.1) is 6.42 Å². The van der Waals surface area contributed by atoms with Crippen molar-refractivity contribution in [3.05, 3.63) is 22.2 Å². The van der Waals surface area contributed by atoms with Crippen molar-refractivity contribution in [1.29, 1.82) is 0 Å². The van der Waals surface area contributed by atoms with E-state index >= 15 is 0 Å². The van der Waals surface area contributed by atoms with Crippen LogP contribution in [0.2, 0.25) is 5.15 Å². The molecule has 15 heavy (non-hydrogen) atoms. The molecule has 0 fully saturated rings. The Labute approximate surface area is 96.1 Å². The lowest BCUT2D eigenvalue weighted by atomic mass is 10.0. The van der Waals surface area contributed by atoms with Crippen LogP contribution in [0.4, 0.5) is 0 Å². The minimum atomic E-state index is 0.256. The van der Waals surface area contributed by atoms with Gasteiger partial charge in [0, 0.05) is 5.92 Å². The smallest absolute Gasteiger partial charge is 0.148 e. The Morgan fingerprint density at radius 1 is 1.13 bits per heavy atom. The molecule has 0 amide bonds. The van der Waals surface area contributed by atoms with Gasteiger partial charge >= 0.3 is 0 Å². The van der Waals surface area contributed by atoms with Crippen LogP contribution in [0.1, 0.15) is 56.6 Å². The van der Waals surface area contributed by atoms with Gasteiger partial charge in [0.25, 0.3) is 0 Å². The first-order valence-corrected chi connectivity index (χ1v) is 5.39. The van der Waals surface area contributed by atoms with Crippen molar-refractivity contribution in [3.63, 3.8) is 0 Å². The summed E-state index contributed by atoms with van der Waals surface area (Å²) in [7, 11) is 0. The minimum absolute atomic E-state index is 0.256. The van der Waals surface area contributed by atoms with Gasteiger partial charge in [-0.2, -0.15) is 0 Å². The van der Waals surface area contributed by atoms with Crippen LogP contribution in [0.25, 0.3) is 0 Å². The molecule has 80 valence electrons. The molecule has 3 heteroatoms. The summed E-state index contributed by atoms with van der Waals surface area (Å²) in [5, 5.41) is 0.389. The van der Waals surface area contributed by atoms with E-state index in [0.717, 1.165) is 11.5 Å². The molecule has 1 heterocycles. The lowest BCUT2D eigenvalue weighted by Gasteiger charge is -2.12. The van der Waals surface area contributed by atoms with Crippen molar-refractivity contribution < 1.29 is 0 Å². The van der Waals surface area contributed by atoms with Crippen LogP contribution in [0.3, 0.4) is 0 Å². The molecule has 1 rings (SSSR count). The maximum atomic E-state index is 6.03. The molecule has 0 unspecified atom stereocenters. The molecule has 0 aromatic carbocycles. The quantitative estimate of drug-likeness (QED) is 0.567. The van der Waals surface area contributed by atoms with E-state index in [1.165, 1.54) is 0 Å². The summed E-state index contributed by atoms with van der Waals surface area (Å²) in [6.45, 7) is 8.16. The molecule has 0 saturated carbocycles. The highest BCUT2D eigenvalue weighted by atomic mass is 35.5. The molecule has 1 aromatic rings. The van der Waals surface area contributed by atoms with E-state index < -0.39 is 0 Å². The van der Waals surface area contributed by atoms with Crippen LogP contribution in [0.5, 0.6) is 0 Å². The van der Waals surface area contributed by atoms with Gasteiger partial charge in [-0.05, 0) is 5.92 Å². The highest BCUT2D eigenvalue weighted by Crippen LogP contribution is 2.24. The number of rotatable bonds is 2. The molecule has 0 N–H and O–H groups in total. The predicted octanol–water partition coefficient (Wildman–Crippen LogP) is 3.36. The van der Waals surface area contributed by atoms with E-state index in [2.05, 4.69) is 15.9 Å². The predicted molar refractivity (Wildman–Crippen MR) is 63.2 cm³/mol. The fourth-order valence-electron chi connectivity index (χ4n) is 1.28. The Morgan fingerprint density at radius 2 is 1.73 bits per heavy atom. The second kappa shape index (κ2) is 4.63. The van der Waals surface area contributed by atoms with E-state index in [9.17, 15) is 0 Å². The molecule has 0 aliphatic rings. The van der Waals surface area contributed by atoms with Gasteiger partial charge in [-0.25, -0.2) is 9.97 Å². The van der Waals surface area contributed by atoms with E-state index in [0.29, 0.717) is 10.7 Å². The highest BCUT2D eigenvalue weighted by molar-refractivity contribution is 6.30. The average Bonchev–Trinajstić information content (AvgIpc) is 2.16. The number of terminal acetylenes is 1. The average molecular weight is 223 g/mol. The van der Waals surface area contributed by atoms with Crippen molar-refractivity contribution in [3.8, 4) is 12.3 Å². The summed E-state index contributed by atoms with van der Waals surface area (Å²) in [4.78, 5) is 8.66. The fraction of sp³-hybridized carbons (Fsp3) is 0.500. The number of halogens is 1. The summed E-state index contributed by atoms with van der Waals surface area (Å²) in [5.41, 5.74) is 1.48. The fourth-order valence-corrected chi connectivity index (χ4v) is 1.51. The van der Waals surface area contributed by atoms with Crippen LogP contribution >= 0.6 is 11.6 Å². The van der Waals surface area contributed by atoms with E-state index in [-0.39, 0.29) is 11.8 Å². The number of hydrogen-bond donors (Lipinski definition) is 0. The van der Waals surface area contributed by atoms with Crippen molar-refractivity contribution in [1.82, 2.24) is 9.97 Å². The van der Waals surface area contributed by atoms with Gasteiger partial charge in [0.15, 0.2) is 0 Å². The van der Waals surface area contributed by atoms with E-state index in [1.54, 1.807) is 0 Å². The first-order chi connectivity index (χ1) is 6.97. The Morgan fingerprint density at radius 3 is 2.13 bits per heavy atom. The molecular formula is C12H15ClN2. The molecule has 0 spiro atoms. The van der Waals surface area contributed by atoms with Gasteiger partial charge in [-0.3, -0.25) is 0 Å². The monoisotopic (exact) mass is 222 g/mol. The molecule has 0 bridgehead atoms. The molecule has 0 aliphatic heterocycles. The molecule has 2 nitrogen and oxygen atoms in total. The molecule has 0 atom stereocenters. The first kappa shape index (κ1) is 12.0. The topological polar surface area (TPSA) is 25.8 Å². The minimum Gasteiger partial charge on any atom is -0.236 e. The number of hydrogen-bond acceptors (Lipinski definition) is 2. The van der Waals surface area contributed by atoms with Gasteiger partial charge < -0.3 is 0 Å². The third-order valence-corrected chi connectivity index (χ3v) is 2.39. The molecule has 0 aliphatic carbocycles. The standard InChI is InChI=1S/C12H15ClN2/c1-6-9-10(7(2)3)14-12(8(4)5)15-11(9)13/h1,7-8H,2-5H3. The summed E-state index contributed by atoms with van der Waals surface area (Å²) in [5.74, 6) is 3.82. The zero-order chi connectivity index (χ0) is 11.6. The van der Waals surface area contributed by atoms with Crippen LogP contribution in [-0.4, -0.2) is 9.97 Å². The highest BCUT2D eigenvalue weighted by Gasteiger charge is 2.15. The number of aromatic nitrogens is 2. The summed E-state index contributed by atoms with van der Waals surface area (Å²) < 4.78 is 0. The van der Waals surface area contributed by atoms with Crippen molar-refractivity contribution >= 4 is 11.6 Å². The van der Waals surface area contributed by atoms with Crippen molar-refractivity contribution in [2.45, 2.75) is 39.5 Å². The molecule has 1 aromatic heterocycles. The van der Waals surface area contributed by atoms with Crippen LogP contribution in [0.15, 0.2) is 0 Å². The second-order valence-electron chi connectivity index (χ2n) is 4.09. The summed E-state index contributed by atoms with van der Waals surface area (Å²) in [6.07, 6.45) is 5.40. The van der Waals surface area contributed by atoms with Gasteiger partial charge in [0.05, 0.1) is 11.3 Å². The van der Waals surface area contributed by atoms with E-state index in [4.69, 9.17) is 18.0 Å². The second-order valence-corrected chi connectivity index (χ2v) is 4.44. The first-order valence-electron chi connectivity index (χ1n) is 5.01. The third kappa shape index (κ3) is 2.49. The lowest BCUT2D eigenvalue weighted by molar-refractivity contribution is 0.727. The molecule has 0 saturated heterocycles. The largest absolute Gasteiger partial charge is 0.236 e.